The Morgan fingerprint density at radius 1 is 1.33 bits per heavy atom. The van der Waals surface area contributed by atoms with Crippen LogP contribution in [-0.2, 0) is 16.0 Å². The Morgan fingerprint density at radius 2 is 1.92 bits per heavy atom. The van der Waals surface area contributed by atoms with Crippen LogP contribution in [0.2, 0.25) is 5.02 Å². The summed E-state index contributed by atoms with van der Waals surface area (Å²) in [4.78, 5) is 12.2. The third-order valence-electron chi connectivity index (χ3n) is 3.56. The lowest BCUT2D eigenvalue weighted by molar-refractivity contribution is -0.120. The van der Waals surface area contributed by atoms with Crippen LogP contribution in [0, 0.1) is 17.7 Å². The average molecular weight is 374 g/mol. The third kappa shape index (κ3) is 6.36. The second kappa shape index (κ2) is 8.26. The quantitative estimate of drug-likeness (QED) is 0.703. The molecule has 0 saturated carbocycles. The largest absolute Gasteiger partial charge is 0.481 e. The van der Waals surface area contributed by atoms with Gasteiger partial charge in [-0.2, -0.15) is 0 Å². The van der Waals surface area contributed by atoms with Gasteiger partial charge in [-0.15, -0.1) is 0 Å². The smallest absolute Gasteiger partial charge is 0.227 e. The van der Waals surface area contributed by atoms with Crippen molar-refractivity contribution < 1.29 is 13.9 Å². The molecule has 0 saturated heterocycles. The summed E-state index contributed by atoms with van der Waals surface area (Å²) in [5.74, 6) is -0.872. The van der Waals surface area contributed by atoms with Gasteiger partial charge >= 0.3 is 0 Å². The van der Waals surface area contributed by atoms with E-state index in [1.54, 1.807) is 6.92 Å². The monoisotopic (exact) mass is 373 g/mol. The van der Waals surface area contributed by atoms with Gasteiger partial charge in [0, 0.05) is 17.4 Å². The van der Waals surface area contributed by atoms with Gasteiger partial charge in [0.2, 0.25) is 5.91 Å². The summed E-state index contributed by atoms with van der Waals surface area (Å²) >= 11 is 11.3. The molecule has 0 radical (unpaired) electrons. The van der Waals surface area contributed by atoms with Gasteiger partial charge in [-0.3, -0.25) is 4.79 Å². The van der Waals surface area contributed by atoms with E-state index in [2.05, 4.69) is 5.32 Å². The Kier molecular flexibility index (Phi) is 7.17. The highest BCUT2D eigenvalue weighted by Gasteiger charge is 2.20. The standard InChI is InChI=1S/C18H25ClFNO2S/c1-10(2)11(3)17(22)21-15-7-12(13(19)9-14(15)20)8-16(24)23-18(4,5)6/h7,9-11H,8H2,1-6H3,(H,21,22). The van der Waals surface area contributed by atoms with Gasteiger partial charge in [0.1, 0.15) is 11.4 Å². The molecule has 24 heavy (non-hydrogen) atoms. The van der Waals surface area contributed by atoms with E-state index in [4.69, 9.17) is 28.6 Å². The minimum Gasteiger partial charge on any atom is -0.481 e. The molecule has 0 heterocycles. The molecular weight excluding hydrogens is 349 g/mol. The number of hydrogen-bond donors (Lipinski definition) is 1. The normalized spacial score (nSPS) is 12.9. The molecule has 1 aromatic carbocycles. The number of halogens is 2. The fourth-order valence-electron chi connectivity index (χ4n) is 1.91. The van der Waals surface area contributed by atoms with Crippen molar-refractivity contribution in [3.05, 3.63) is 28.5 Å². The van der Waals surface area contributed by atoms with Gasteiger partial charge in [0.15, 0.2) is 5.05 Å². The molecule has 0 aliphatic heterocycles. The van der Waals surface area contributed by atoms with Crippen molar-refractivity contribution in [2.75, 3.05) is 5.32 Å². The van der Waals surface area contributed by atoms with Crippen LogP contribution in [0.1, 0.15) is 47.1 Å². The Balaban J connectivity index is 2.97. The number of hydrogen-bond acceptors (Lipinski definition) is 3. The van der Waals surface area contributed by atoms with Crippen molar-refractivity contribution in [1.29, 1.82) is 0 Å². The molecule has 1 N–H and O–H groups in total. The number of benzene rings is 1. The van der Waals surface area contributed by atoms with Crippen LogP contribution >= 0.6 is 23.8 Å². The second-order valence-corrected chi connectivity index (χ2v) is 8.07. The first-order chi connectivity index (χ1) is 10.9. The second-order valence-electron chi connectivity index (χ2n) is 7.21. The van der Waals surface area contributed by atoms with Gasteiger partial charge in [-0.05, 0) is 56.6 Å². The number of nitrogens with one attached hydrogen (secondary N) is 1. The molecule has 1 atom stereocenters. The summed E-state index contributed by atoms with van der Waals surface area (Å²) in [5.41, 5.74) is 0.304. The first-order valence-electron chi connectivity index (χ1n) is 7.91. The van der Waals surface area contributed by atoms with Gasteiger partial charge in [0.05, 0.1) is 5.69 Å². The van der Waals surface area contributed by atoms with E-state index in [0.29, 0.717) is 10.6 Å². The third-order valence-corrected chi connectivity index (χ3v) is 4.14. The molecule has 0 aromatic heterocycles. The van der Waals surface area contributed by atoms with Gasteiger partial charge < -0.3 is 10.1 Å². The minimum atomic E-state index is -0.573. The molecule has 3 nitrogen and oxygen atoms in total. The average Bonchev–Trinajstić information content (AvgIpc) is 2.40. The van der Waals surface area contributed by atoms with Crippen LogP contribution in [0.5, 0.6) is 0 Å². The van der Waals surface area contributed by atoms with E-state index < -0.39 is 11.4 Å². The summed E-state index contributed by atoms with van der Waals surface area (Å²) < 4.78 is 19.7. The van der Waals surface area contributed by atoms with Crippen molar-refractivity contribution in [2.45, 2.75) is 53.6 Å². The molecule has 0 aliphatic carbocycles. The number of rotatable bonds is 5. The zero-order valence-electron chi connectivity index (χ0n) is 15.0. The Labute approximate surface area is 153 Å². The molecule has 6 heteroatoms. The molecule has 0 aliphatic rings. The number of carbonyl (C=O) groups is 1. The van der Waals surface area contributed by atoms with E-state index >= 15 is 0 Å². The van der Waals surface area contributed by atoms with Gasteiger partial charge in [-0.1, -0.05) is 32.4 Å². The number of anilines is 1. The zero-order chi connectivity index (χ0) is 18.7. The lowest BCUT2D eigenvalue weighted by Gasteiger charge is -2.22. The van der Waals surface area contributed by atoms with E-state index in [9.17, 15) is 9.18 Å². The van der Waals surface area contributed by atoms with E-state index in [1.165, 1.54) is 12.1 Å². The van der Waals surface area contributed by atoms with E-state index in [1.807, 2.05) is 34.6 Å². The maximum absolute atomic E-state index is 14.1. The number of amides is 1. The Morgan fingerprint density at radius 3 is 2.42 bits per heavy atom. The molecule has 0 spiro atoms. The highest BCUT2D eigenvalue weighted by Crippen LogP contribution is 2.26. The minimum absolute atomic E-state index is 0.102. The van der Waals surface area contributed by atoms with Crippen LogP contribution < -0.4 is 5.32 Å². The lowest BCUT2D eigenvalue weighted by atomic mass is 9.97. The SMILES string of the molecule is CC(C)C(C)C(=O)Nc1cc(CC(=S)OC(C)(C)C)c(Cl)cc1F. The van der Waals surface area contributed by atoms with Crippen molar-refractivity contribution in [3.8, 4) is 0 Å². The lowest BCUT2D eigenvalue weighted by Crippen LogP contribution is -2.25. The molecule has 1 unspecified atom stereocenters. The van der Waals surface area contributed by atoms with Gasteiger partial charge in [-0.25, -0.2) is 4.39 Å². The molecule has 1 rings (SSSR count). The van der Waals surface area contributed by atoms with Crippen molar-refractivity contribution >= 4 is 40.5 Å². The summed E-state index contributed by atoms with van der Waals surface area (Å²) in [6.07, 6.45) is 0.272. The van der Waals surface area contributed by atoms with Crippen molar-refractivity contribution in [2.24, 2.45) is 11.8 Å². The number of thiocarbonyl (C=S) groups is 1. The van der Waals surface area contributed by atoms with Gasteiger partial charge in [0.25, 0.3) is 0 Å². The predicted molar refractivity (Wildman–Crippen MR) is 101 cm³/mol. The molecule has 1 amide bonds. The first kappa shape index (κ1) is 20.8. The first-order valence-corrected chi connectivity index (χ1v) is 8.70. The maximum atomic E-state index is 14.1. The van der Waals surface area contributed by atoms with Crippen molar-refractivity contribution in [1.82, 2.24) is 0 Å². The fourth-order valence-corrected chi connectivity index (χ4v) is 2.53. The molecule has 0 bridgehead atoms. The maximum Gasteiger partial charge on any atom is 0.227 e. The molecule has 134 valence electrons. The topological polar surface area (TPSA) is 38.3 Å². The van der Waals surface area contributed by atoms with Crippen LogP contribution in [0.15, 0.2) is 12.1 Å². The highest BCUT2D eigenvalue weighted by atomic mass is 35.5. The van der Waals surface area contributed by atoms with Crippen LogP contribution in [0.4, 0.5) is 10.1 Å². The molecule has 1 aromatic rings. The molecular formula is C18H25ClFNO2S. The van der Waals surface area contributed by atoms with Crippen LogP contribution in [0.25, 0.3) is 0 Å². The predicted octanol–water partition coefficient (Wildman–Crippen LogP) is 5.39. The summed E-state index contributed by atoms with van der Waals surface area (Å²) in [7, 11) is 0. The summed E-state index contributed by atoms with van der Waals surface area (Å²) in [6.45, 7) is 11.4. The Bertz CT molecular complexity index is 626. The van der Waals surface area contributed by atoms with E-state index in [0.717, 1.165) is 0 Å². The summed E-state index contributed by atoms with van der Waals surface area (Å²) in [6, 6.07) is 2.70. The zero-order valence-corrected chi connectivity index (χ0v) is 16.6. The Hall–Kier alpha value is -1.20. The summed E-state index contributed by atoms with van der Waals surface area (Å²) in [5, 5.41) is 3.24. The van der Waals surface area contributed by atoms with Crippen LogP contribution in [0.3, 0.4) is 0 Å². The molecule has 0 fully saturated rings. The van der Waals surface area contributed by atoms with E-state index in [-0.39, 0.29) is 34.9 Å². The highest BCUT2D eigenvalue weighted by molar-refractivity contribution is 7.80. The van der Waals surface area contributed by atoms with Crippen molar-refractivity contribution in [3.63, 3.8) is 0 Å². The fraction of sp³-hybridized carbons (Fsp3) is 0.556. The number of ether oxygens (including phenoxy) is 1. The number of carbonyl (C=O) groups excluding carboxylic acids is 1. The van der Waals surface area contributed by atoms with Crippen LogP contribution in [-0.4, -0.2) is 16.6 Å².